The van der Waals surface area contributed by atoms with Crippen LogP contribution < -0.4 is 14.8 Å². The number of carbonyl (C=O) groups is 1. The Balaban J connectivity index is 1.45. The van der Waals surface area contributed by atoms with E-state index in [1.165, 1.54) is 0 Å². The number of nitrogens with one attached hydrogen (secondary N) is 2. The molecule has 0 aliphatic carbocycles. The second-order valence-corrected chi connectivity index (χ2v) is 8.42. The molecule has 8 heteroatoms. The SMILES string of the molecule is Cc1cccc(-c2n[nH]c(=S)n2CC(=O)NCC(C)(C)c2ccc3c(c2)OCO3)c1. The summed E-state index contributed by atoms with van der Waals surface area (Å²) in [5, 5.41) is 10.1. The number of nitrogens with zero attached hydrogens (tertiary/aromatic N) is 2. The minimum Gasteiger partial charge on any atom is -0.454 e. The van der Waals surface area contributed by atoms with Gasteiger partial charge >= 0.3 is 0 Å². The van der Waals surface area contributed by atoms with Crippen LogP contribution in [-0.4, -0.2) is 34.0 Å². The largest absolute Gasteiger partial charge is 0.454 e. The van der Waals surface area contributed by atoms with Crippen LogP contribution in [0.15, 0.2) is 42.5 Å². The monoisotopic (exact) mass is 424 g/mol. The topological polar surface area (TPSA) is 81.2 Å². The second-order valence-electron chi connectivity index (χ2n) is 8.04. The molecule has 2 aromatic carbocycles. The molecule has 0 atom stereocenters. The number of aromatic nitrogens is 3. The molecule has 1 aliphatic heterocycles. The number of carbonyl (C=O) groups excluding carboxylic acids is 1. The Morgan fingerprint density at radius 1 is 1.23 bits per heavy atom. The normalized spacial score (nSPS) is 12.8. The third-order valence-corrected chi connectivity index (χ3v) is 5.53. The standard InChI is InChI=1S/C22H24N4O3S/c1-14-5-4-6-15(9-14)20-24-25-21(30)26(20)11-19(27)23-12-22(2,3)16-7-8-17-18(10-16)29-13-28-17/h4-10H,11-13H2,1-3H3,(H,23,27)(H,25,30). The van der Waals surface area contributed by atoms with Gasteiger partial charge in [-0.15, -0.1) is 0 Å². The van der Waals surface area contributed by atoms with Crippen molar-refractivity contribution in [3.8, 4) is 22.9 Å². The van der Waals surface area contributed by atoms with Crippen molar-refractivity contribution in [2.24, 2.45) is 0 Å². The van der Waals surface area contributed by atoms with Crippen molar-refractivity contribution in [3.05, 3.63) is 58.4 Å². The van der Waals surface area contributed by atoms with Crippen LogP contribution in [0.4, 0.5) is 0 Å². The van der Waals surface area contributed by atoms with Crippen molar-refractivity contribution in [3.63, 3.8) is 0 Å². The zero-order valence-electron chi connectivity index (χ0n) is 17.2. The van der Waals surface area contributed by atoms with Crippen LogP contribution in [0.5, 0.6) is 11.5 Å². The van der Waals surface area contributed by atoms with Crippen LogP contribution in [-0.2, 0) is 16.8 Å². The average molecular weight is 425 g/mol. The van der Waals surface area contributed by atoms with E-state index in [1.54, 1.807) is 4.57 Å². The van der Waals surface area contributed by atoms with Crippen LogP contribution in [0.25, 0.3) is 11.4 Å². The molecule has 0 spiro atoms. The van der Waals surface area contributed by atoms with Crippen molar-refractivity contribution in [1.82, 2.24) is 20.1 Å². The predicted octanol–water partition coefficient (Wildman–Crippen LogP) is 3.74. The number of H-pyrrole nitrogens is 1. The van der Waals surface area contributed by atoms with E-state index in [-0.39, 0.29) is 24.7 Å². The Hall–Kier alpha value is -3.13. The Labute approximate surface area is 180 Å². The summed E-state index contributed by atoms with van der Waals surface area (Å²) in [5.41, 5.74) is 2.81. The molecule has 7 nitrogen and oxygen atoms in total. The van der Waals surface area contributed by atoms with Gasteiger partial charge in [0.2, 0.25) is 12.7 Å². The number of aromatic amines is 1. The highest BCUT2D eigenvalue weighted by Gasteiger charge is 2.25. The molecule has 2 heterocycles. The van der Waals surface area contributed by atoms with E-state index >= 15 is 0 Å². The van der Waals surface area contributed by atoms with Gasteiger partial charge in [0.15, 0.2) is 22.1 Å². The Morgan fingerprint density at radius 2 is 2.03 bits per heavy atom. The lowest BCUT2D eigenvalue weighted by atomic mass is 9.84. The van der Waals surface area contributed by atoms with E-state index < -0.39 is 0 Å². The second kappa shape index (κ2) is 7.95. The molecule has 4 rings (SSSR count). The summed E-state index contributed by atoms with van der Waals surface area (Å²) in [4.78, 5) is 12.7. The molecule has 1 amide bonds. The molecule has 30 heavy (non-hydrogen) atoms. The highest BCUT2D eigenvalue weighted by molar-refractivity contribution is 7.71. The highest BCUT2D eigenvalue weighted by atomic mass is 32.1. The summed E-state index contributed by atoms with van der Waals surface area (Å²) in [6.07, 6.45) is 0. The number of ether oxygens (including phenoxy) is 2. The summed E-state index contributed by atoms with van der Waals surface area (Å²) in [5.74, 6) is 2.00. The quantitative estimate of drug-likeness (QED) is 0.589. The molecule has 3 aromatic rings. The average Bonchev–Trinajstić information content (AvgIpc) is 3.33. The fourth-order valence-electron chi connectivity index (χ4n) is 3.41. The number of fused-ring (bicyclic) bond motifs is 1. The molecular weight excluding hydrogens is 400 g/mol. The number of hydrogen-bond donors (Lipinski definition) is 2. The van der Waals surface area contributed by atoms with Crippen LogP contribution in [0, 0.1) is 11.7 Å². The van der Waals surface area contributed by atoms with Crippen molar-refractivity contribution in [1.29, 1.82) is 0 Å². The lowest BCUT2D eigenvalue weighted by molar-refractivity contribution is -0.121. The number of hydrogen-bond acceptors (Lipinski definition) is 5. The molecule has 1 aromatic heterocycles. The molecule has 1 aliphatic rings. The van der Waals surface area contributed by atoms with E-state index in [0.717, 1.165) is 28.2 Å². The molecular formula is C22H24N4O3S. The van der Waals surface area contributed by atoms with Crippen molar-refractivity contribution in [2.75, 3.05) is 13.3 Å². The van der Waals surface area contributed by atoms with Crippen molar-refractivity contribution >= 4 is 18.1 Å². The molecule has 0 fully saturated rings. The Morgan fingerprint density at radius 3 is 2.83 bits per heavy atom. The van der Waals surface area contributed by atoms with Gasteiger partial charge in [-0.2, -0.15) is 5.10 Å². The first-order valence-electron chi connectivity index (χ1n) is 9.72. The first-order valence-corrected chi connectivity index (χ1v) is 10.1. The van der Waals surface area contributed by atoms with Gasteiger partial charge in [0.25, 0.3) is 0 Å². The van der Waals surface area contributed by atoms with Gasteiger partial charge in [0.1, 0.15) is 6.54 Å². The van der Waals surface area contributed by atoms with Crippen LogP contribution >= 0.6 is 12.2 Å². The van der Waals surface area contributed by atoms with E-state index in [2.05, 4.69) is 29.4 Å². The molecule has 2 N–H and O–H groups in total. The summed E-state index contributed by atoms with van der Waals surface area (Å²) >= 11 is 5.34. The van der Waals surface area contributed by atoms with Crippen molar-refractivity contribution < 1.29 is 14.3 Å². The summed E-state index contributed by atoms with van der Waals surface area (Å²) in [6.45, 7) is 6.97. The molecule has 0 bridgehead atoms. The predicted molar refractivity (Wildman–Crippen MR) is 116 cm³/mol. The van der Waals surface area contributed by atoms with Gasteiger partial charge in [-0.3, -0.25) is 14.5 Å². The summed E-state index contributed by atoms with van der Waals surface area (Å²) in [6, 6.07) is 13.8. The minimum absolute atomic E-state index is 0.0931. The number of amides is 1. The lowest BCUT2D eigenvalue weighted by Crippen LogP contribution is -2.38. The highest BCUT2D eigenvalue weighted by Crippen LogP contribution is 2.36. The first kappa shape index (κ1) is 20.2. The molecule has 0 saturated heterocycles. The van der Waals surface area contributed by atoms with Crippen LogP contribution in [0.2, 0.25) is 0 Å². The minimum atomic E-state index is -0.284. The number of benzene rings is 2. The molecule has 156 valence electrons. The van der Waals surface area contributed by atoms with E-state index in [0.29, 0.717) is 17.1 Å². The Kier molecular flexibility index (Phi) is 5.34. The van der Waals surface area contributed by atoms with Gasteiger partial charge in [0.05, 0.1) is 0 Å². The zero-order valence-corrected chi connectivity index (χ0v) is 18.0. The van der Waals surface area contributed by atoms with Gasteiger partial charge in [0, 0.05) is 17.5 Å². The third kappa shape index (κ3) is 4.09. The van der Waals surface area contributed by atoms with Crippen molar-refractivity contribution in [2.45, 2.75) is 32.7 Å². The third-order valence-electron chi connectivity index (χ3n) is 5.22. The van der Waals surface area contributed by atoms with Gasteiger partial charge in [-0.1, -0.05) is 43.7 Å². The first-order chi connectivity index (χ1) is 14.3. The van der Waals surface area contributed by atoms with E-state index in [9.17, 15) is 4.79 Å². The number of rotatable bonds is 6. The maximum Gasteiger partial charge on any atom is 0.240 e. The lowest BCUT2D eigenvalue weighted by Gasteiger charge is -2.26. The number of aryl methyl sites for hydroxylation is 1. The Bertz CT molecular complexity index is 1150. The molecule has 0 radical (unpaired) electrons. The summed E-state index contributed by atoms with van der Waals surface area (Å²) < 4.78 is 13.0. The smallest absolute Gasteiger partial charge is 0.240 e. The maximum atomic E-state index is 12.7. The fraction of sp³-hybridized carbons (Fsp3) is 0.318. The molecule has 0 unspecified atom stereocenters. The maximum absolute atomic E-state index is 12.7. The van der Waals surface area contributed by atoms with Crippen LogP contribution in [0.3, 0.4) is 0 Å². The van der Waals surface area contributed by atoms with E-state index in [1.807, 2.05) is 49.4 Å². The van der Waals surface area contributed by atoms with E-state index in [4.69, 9.17) is 21.7 Å². The van der Waals surface area contributed by atoms with Gasteiger partial charge in [-0.05, 0) is 42.9 Å². The van der Waals surface area contributed by atoms with Gasteiger partial charge < -0.3 is 14.8 Å². The zero-order chi connectivity index (χ0) is 21.3. The fourth-order valence-corrected chi connectivity index (χ4v) is 3.60. The molecule has 0 saturated carbocycles. The van der Waals surface area contributed by atoms with Gasteiger partial charge in [-0.25, -0.2) is 0 Å². The summed E-state index contributed by atoms with van der Waals surface area (Å²) in [7, 11) is 0. The van der Waals surface area contributed by atoms with Crippen LogP contribution in [0.1, 0.15) is 25.0 Å².